The third-order valence-corrected chi connectivity index (χ3v) is 6.24. The van der Waals surface area contributed by atoms with E-state index in [2.05, 4.69) is 29.1 Å². The molecule has 4 atom stereocenters. The van der Waals surface area contributed by atoms with Crippen LogP contribution in [0.3, 0.4) is 0 Å². The summed E-state index contributed by atoms with van der Waals surface area (Å²) in [6.07, 6.45) is 2.73. The summed E-state index contributed by atoms with van der Waals surface area (Å²) in [5.41, 5.74) is 4.27. The fourth-order valence-corrected chi connectivity index (χ4v) is 4.93. The van der Waals surface area contributed by atoms with Gasteiger partial charge in [0.05, 0.1) is 19.1 Å². The van der Waals surface area contributed by atoms with Crippen LogP contribution in [-0.4, -0.2) is 47.7 Å². The van der Waals surface area contributed by atoms with E-state index in [9.17, 15) is 9.90 Å². The number of carbonyl (C=O) groups excluding carboxylic acids is 1. The predicted molar refractivity (Wildman–Crippen MR) is 101 cm³/mol. The number of ether oxygens (including phenoxy) is 1. The van der Waals surface area contributed by atoms with E-state index in [1.54, 1.807) is 0 Å². The summed E-state index contributed by atoms with van der Waals surface area (Å²) in [4.78, 5) is 18.4. The Kier molecular flexibility index (Phi) is 4.37. The normalized spacial score (nSPS) is 30.7. The minimum atomic E-state index is -0.617. The largest absolute Gasteiger partial charge is 0.469 e. The summed E-state index contributed by atoms with van der Waals surface area (Å²) in [5, 5.41) is 12.1. The highest BCUT2D eigenvalue weighted by Crippen LogP contribution is 2.44. The predicted octanol–water partition coefficient (Wildman–Crippen LogP) is 2.81. The van der Waals surface area contributed by atoms with E-state index in [0.717, 1.165) is 35.1 Å². The van der Waals surface area contributed by atoms with Gasteiger partial charge in [0, 0.05) is 29.2 Å². The lowest BCUT2D eigenvalue weighted by Crippen LogP contribution is -2.53. The summed E-state index contributed by atoms with van der Waals surface area (Å²) in [6.45, 7) is 2.83. The van der Waals surface area contributed by atoms with Crippen LogP contribution in [0.4, 0.5) is 0 Å². The first-order valence-corrected chi connectivity index (χ1v) is 9.25. The second-order valence-corrected chi connectivity index (χ2v) is 7.52. The van der Waals surface area contributed by atoms with Crippen LogP contribution in [0, 0.1) is 11.8 Å². The van der Waals surface area contributed by atoms with Crippen molar-refractivity contribution in [2.24, 2.45) is 11.8 Å². The lowest BCUT2D eigenvalue weighted by molar-refractivity contribution is -0.151. The first-order chi connectivity index (χ1) is 12.5. The first-order valence-electron chi connectivity index (χ1n) is 9.25. The fraction of sp³-hybridized carbons (Fsp3) is 0.476. The molecular formula is C21H26N2O3. The number of carbonyl (C=O) groups is 1. The second-order valence-electron chi connectivity index (χ2n) is 7.52. The molecule has 2 aliphatic rings. The molecule has 4 rings (SSSR count). The quantitative estimate of drug-likeness (QED) is 0.610. The van der Waals surface area contributed by atoms with Gasteiger partial charge in [-0.15, -0.1) is 0 Å². The maximum atomic E-state index is 12.7. The average molecular weight is 354 g/mol. The summed E-state index contributed by atoms with van der Waals surface area (Å²) < 4.78 is 5.17. The SMILES string of the molecule is C/C=C1/CN(C)[C@H]2Cc3c([nH]c4ccccc34)[C@@H](O)C[C@@H]1C2C(=O)OC. The van der Waals surface area contributed by atoms with Crippen molar-refractivity contribution in [2.75, 3.05) is 20.7 Å². The number of likely N-dealkylation sites (N-methyl/N-ethyl adjacent to an activating group) is 1. The van der Waals surface area contributed by atoms with E-state index in [0.29, 0.717) is 6.42 Å². The molecular weight excluding hydrogens is 328 g/mol. The molecule has 1 saturated heterocycles. The number of aromatic nitrogens is 1. The molecule has 1 unspecified atom stereocenters. The number of H-pyrrole nitrogens is 1. The number of para-hydroxylation sites is 1. The van der Waals surface area contributed by atoms with Crippen LogP contribution in [0.5, 0.6) is 0 Å². The molecule has 26 heavy (non-hydrogen) atoms. The smallest absolute Gasteiger partial charge is 0.310 e. The number of nitrogens with zero attached hydrogens (tertiary/aromatic N) is 1. The molecule has 2 heterocycles. The highest BCUT2D eigenvalue weighted by Gasteiger charge is 2.46. The molecule has 1 aromatic heterocycles. The average Bonchev–Trinajstić information content (AvgIpc) is 3.01. The Bertz CT molecular complexity index is 869. The van der Waals surface area contributed by atoms with Crippen LogP contribution in [0.25, 0.3) is 10.9 Å². The standard InChI is InChI=1S/C21H26N2O3/c1-4-12-11-23(2)17-9-15-13-7-5-6-8-16(13)22-20(15)18(24)10-14(12)19(17)21(25)26-3/h4-8,14,17-19,22,24H,9-11H2,1-3H3/b12-4-/t14-,17-,18-,19?/m0/s1. The van der Waals surface area contributed by atoms with E-state index < -0.39 is 6.10 Å². The maximum absolute atomic E-state index is 12.7. The summed E-state index contributed by atoms with van der Waals surface area (Å²) in [7, 11) is 3.53. The zero-order valence-corrected chi connectivity index (χ0v) is 15.5. The highest BCUT2D eigenvalue weighted by atomic mass is 16.5. The Hall–Kier alpha value is -2.11. The van der Waals surface area contributed by atoms with Gasteiger partial charge in [-0.05, 0) is 44.4 Å². The number of piperidine rings is 1. The zero-order chi connectivity index (χ0) is 18.4. The number of esters is 1. The van der Waals surface area contributed by atoms with Crippen LogP contribution in [-0.2, 0) is 16.0 Å². The Labute approximate surface area is 153 Å². The number of benzene rings is 1. The van der Waals surface area contributed by atoms with Gasteiger partial charge in [0.25, 0.3) is 0 Å². The molecule has 5 nitrogen and oxygen atoms in total. The molecule has 2 bridgehead atoms. The summed E-state index contributed by atoms with van der Waals surface area (Å²) in [6, 6.07) is 8.20. The summed E-state index contributed by atoms with van der Waals surface area (Å²) in [5.74, 6) is -0.439. The number of nitrogens with one attached hydrogen (secondary N) is 1. The minimum absolute atomic E-state index is 0.00297. The molecule has 0 saturated carbocycles. The number of hydrogen-bond donors (Lipinski definition) is 2. The number of aliphatic hydroxyl groups excluding tert-OH is 1. The molecule has 138 valence electrons. The van der Waals surface area contributed by atoms with Gasteiger partial charge in [0.2, 0.25) is 0 Å². The molecule has 0 radical (unpaired) electrons. The minimum Gasteiger partial charge on any atom is -0.469 e. The Morgan fingerprint density at radius 1 is 1.38 bits per heavy atom. The molecule has 0 amide bonds. The molecule has 1 aromatic carbocycles. The molecule has 1 aliphatic carbocycles. The molecule has 1 aliphatic heterocycles. The van der Waals surface area contributed by atoms with Crippen LogP contribution in [0.1, 0.15) is 30.7 Å². The van der Waals surface area contributed by atoms with Crippen LogP contribution < -0.4 is 0 Å². The lowest BCUT2D eigenvalue weighted by Gasteiger charge is -2.46. The van der Waals surface area contributed by atoms with E-state index >= 15 is 0 Å². The van der Waals surface area contributed by atoms with Crippen LogP contribution in [0.15, 0.2) is 35.9 Å². The van der Waals surface area contributed by atoms with E-state index in [-0.39, 0.29) is 23.8 Å². The second kappa shape index (κ2) is 6.56. The van der Waals surface area contributed by atoms with Gasteiger partial charge in [-0.1, -0.05) is 29.8 Å². The van der Waals surface area contributed by atoms with Crippen molar-refractivity contribution >= 4 is 16.9 Å². The highest BCUT2D eigenvalue weighted by molar-refractivity contribution is 5.85. The van der Waals surface area contributed by atoms with Crippen molar-refractivity contribution in [1.29, 1.82) is 0 Å². The van der Waals surface area contributed by atoms with Crippen molar-refractivity contribution in [3.63, 3.8) is 0 Å². The van der Waals surface area contributed by atoms with Gasteiger partial charge < -0.3 is 14.8 Å². The molecule has 0 spiro atoms. The molecule has 2 aromatic rings. The van der Waals surface area contributed by atoms with Gasteiger partial charge in [-0.3, -0.25) is 9.69 Å². The zero-order valence-electron chi connectivity index (χ0n) is 15.5. The van der Waals surface area contributed by atoms with E-state index in [1.807, 2.05) is 25.1 Å². The Morgan fingerprint density at radius 3 is 2.88 bits per heavy atom. The molecule has 5 heteroatoms. The molecule has 2 N–H and O–H groups in total. The third-order valence-electron chi connectivity index (χ3n) is 6.24. The number of aliphatic hydroxyl groups is 1. The number of allylic oxidation sites excluding steroid dienone is 1. The number of methoxy groups -OCH3 is 1. The van der Waals surface area contributed by atoms with Crippen molar-refractivity contribution in [3.05, 3.63) is 47.2 Å². The summed E-state index contributed by atoms with van der Waals surface area (Å²) >= 11 is 0. The van der Waals surface area contributed by atoms with E-state index in [1.165, 1.54) is 12.7 Å². The maximum Gasteiger partial charge on any atom is 0.310 e. The first kappa shape index (κ1) is 17.3. The number of hydrogen-bond acceptors (Lipinski definition) is 4. The van der Waals surface area contributed by atoms with Crippen molar-refractivity contribution < 1.29 is 14.6 Å². The fourth-order valence-electron chi connectivity index (χ4n) is 4.93. The lowest BCUT2D eigenvalue weighted by atomic mass is 9.70. The van der Waals surface area contributed by atoms with Gasteiger partial charge in [0.15, 0.2) is 0 Å². The van der Waals surface area contributed by atoms with Gasteiger partial charge in [-0.25, -0.2) is 0 Å². The number of likely N-dealkylation sites (tertiary alicyclic amines) is 1. The van der Waals surface area contributed by atoms with Gasteiger partial charge >= 0.3 is 5.97 Å². The van der Waals surface area contributed by atoms with Gasteiger partial charge in [-0.2, -0.15) is 0 Å². The number of rotatable bonds is 1. The van der Waals surface area contributed by atoms with E-state index in [4.69, 9.17) is 4.74 Å². The monoisotopic (exact) mass is 354 g/mol. The van der Waals surface area contributed by atoms with Crippen molar-refractivity contribution in [2.45, 2.75) is 31.9 Å². The van der Waals surface area contributed by atoms with Crippen molar-refractivity contribution in [3.8, 4) is 0 Å². The van der Waals surface area contributed by atoms with Crippen molar-refractivity contribution in [1.82, 2.24) is 9.88 Å². The third kappa shape index (κ3) is 2.58. The Balaban J connectivity index is 1.89. The Morgan fingerprint density at radius 2 is 2.15 bits per heavy atom. The topological polar surface area (TPSA) is 65.6 Å². The van der Waals surface area contributed by atoms with Crippen LogP contribution >= 0.6 is 0 Å². The van der Waals surface area contributed by atoms with Crippen LogP contribution in [0.2, 0.25) is 0 Å². The van der Waals surface area contributed by atoms with Gasteiger partial charge in [0.1, 0.15) is 0 Å². The number of fused-ring (bicyclic) bond motifs is 5. The number of aromatic amines is 1. The molecule has 1 fully saturated rings.